The van der Waals surface area contributed by atoms with E-state index in [4.69, 9.17) is 32.7 Å². The standard InChI is InChI=1S/C33H32Cl2O2/c1-31(2,3)25-15-11-21-13-17-27-28(30(35)33(36-7,37-8)29(27)34)18-14-22-12-16-26(32(4,5)6)20-24(22)10-9-23(21)19-25/h9-12,15-16,19-20H,1-8H3/b10-9+. The molecule has 0 heterocycles. The fourth-order valence-electron chi connectivity index (χ4n) is 4.32. The van der Waals surface area contributed by atoms with Crippen LogP contribution in [0.4, 0.5) is 0 Å². The number of halogens is 2. The molecule has 0 saturated carbocycles. The molecule has 2 aliphatic rings. The van der Waals surface area contributed by atoms with Crippen LogP contribution in [0.25, 0.3) is 12.2 Å². The van der Waals surface area contributed by atoms with Gasteiger partial charge >= 0.3 is 0 Å². The van der Waals surface area contributed by atoms with Crippen LogP contribution in [0.15, 0.2) is 57.6 Å². The summed E-state index contributed by atoms with van der Waals surface area (Å²) in [4.78, 5) is 0. The monoisotopic (exact) mass is 530 g/mol. The summed E-state index contributed by atoms with van der Waals surface area (Å²) >= 11 is 13.6. The number of fused-ring (bicyclic) bond motifs is 3. The smallest absolute Gasteiger partial charge is 0.246 e. The number of allylic oxidation sites excluding steroid dienone is 2. The largest absolute Gasteiger partial charge is 0.344 e. The first-order chi connectivity index (χ1) is 17.3. The van der Waals surface area contributed by atoms with E-state index < -0.39 is 5.79 Å². The quantitative estimate of drug-likeness (QED) is 0.288. The Hall–Kier alpha value is -2.72. The molecule has 0 aliphatic heterocycles. The fourth-order valence-corrected chi connectivity index (χ4v) is 5.15. The zero-order valence-corrected chi connectivity index (χ0v) is 24.2. The summed E-state index contributed by atoms with van der Waals surface area (Å²) in [6, 6.07) is 12.8. The highest BCUT2D eigenvalue weighted by molar-refractivity contribution is 6.38. The molecule has 4 heteroatoms. The molecule has 0 N–H and O–H groups in total. The van der Waals surface area contributed by atoms with Crippen LogP contribution in [0.1, 0.15) is 74.9 Å². The molecule has 2 aliphatic carbocycles. The summed E-state index contributed by atoms with van der Waals surface area (Å²) in [7, 11) is 3.00. The minimum atomic E-state index is -1.42. The zero-order chi connectivity index (χ0) is 27.2. The summed E-state index contributed by atoms with van der Waals surface area (Å²) in [5, 5.41) is 0.533. The molecular weight excluding hydrogens is 499 g/mol. The van der Waals surface area contributed by atoms with Crippen molar-refractivity contribution in [1.82, 2.24) is 0 Å². The van der Waals surface area contributed by atoms with Crippen LogP contribution < -0.4 is 0 Å². The van der Waals surface area contributed by atoms with Gasteiger partial charge in [-0.1, -0.05) is 113 Å². The lowest BCUT2D eigenvalue weighted by atomic mass is 9.84. The number of hydrogen-bond acceptors (Lipinski definition) is 2. The van der Waals surface area contributed by atoms with E-state index in [0.29, 0.717) is 11.1 Å². The summed E-state index contributed by atoms with van der Waals surface area (Å²) in [5.74, 6) is 11.7. The van der Waals surface area contributed by atoms with Gasteiger partial charge in [-0.2, -0.15) is 0 Å². The van der Waals surface area contributed by atoms with Crippen molar-refractivity contribution in [3.05, 3.63) is 91.0 Å². The molecule has 0 amide bonds. The minimum Gasteiger partial charge on any atom is -0.344 e. The van der Waals surface area contributed by atoms with E-state index in [0.717, 1.165) is 22.3 Å². The van der Waals surface area contributed by atoms with Crippen molar-refractivity contribution in [3.8, 4) is 23.7 Å². The van der Waals surface area contributed by atoms with E-state index in [9.17, 15) is 0 Å². The first-order valence-corrected chi connectivity index (χ1v) is 13.0. The molecule has 0 aromatic heterocycles. The second-order valence-corrected chi connectivity index (χ2v) is 12.1. The molecule has 4 rings (SSSR count). The topological polar surface area (TPSA) is 18.5 Å². The third-order valence-electron chi connectivity index (χ3n) is 6.76. The molecule has 2 aromatic carbocycles. The molecule has 0 unspecified atom stereocenters. The molecule has 190 valence electrons. The summed E-state index contributed by atoms with van der Waals surface area (Å²) in [6.07, 6.45) is 4.24. The molecule has 0 radical (unpaired) electrons. The third-order valence-corrected chi connectivity index (χ3v) is 7.64. The molecule has 2 nitrogen and oxygen atoms in total. The van der Waals surface area contributed by atoms with Crippen LogP contribution in [0.2, 0.25) is 0 Å². The SMILES string of the molecule is COC1(OC)C(Cl)=C2C#Cc3ccc(C(C)(C)C)cc3/C=C/c3cc(C(C)(C)C)ccc3C#CC2=C1Cl. The molecule has 2 aromatic rings. The van der Waals surface area contributed by atoms with Crippen LogP contribution in [-0.2, 0) is 20.3 Å². The first kappa shape index (κ1) is 27.3. The molecule has 0 fully saturated rings. The van der Waals surface area contributed by atoms with E-state index in [2.05, 4.69) is 114 Å². The van der Waals surface area contributed by atoms with Gasteiger partial charge in [-0.15, -0.1) is 0 Å². The van der Waals surface area contributed by atoms with Gasteiger partial charge in [0.15, 0.2) is 0 Å². The molecule has 0 saturated heterocycles. The lowest BCUT2D eigenvalue weighted by Gasteiger charge is -2.26. The van der Waals surface area contributed by atoms with Gasteiger partial charge in [-0.05, 0) is 57.3 Å². The maximum atomic E-state index is 6.80. The molecule has 37 heavy (non-hydrogen) atoms. The van der Waals surface area contributed by atoms with Crippen molar-refractivity contribution in [1.29, 1.82) is 0 Å². The predicted octanol–water partition coefficient (Wildman–Crippen LogP) is 8.16. The Morgan fingerprint density at radius 2 is 1.00 bits per heavy atom. The van der Waals surface area contributed by atoms with Gasteiger partial charge in [-0.3, -0.25) is 0 Å². The maximum Gasteiger partial charge on any atom is 0.246 e. The fraction of sp³-hybridized carbons (Fsp3) is 0.333. The number of ether oxygens (including phenoxy) is 2. The Labute approximate surface area is 231 Å². The second-order valence-electron chi connectivity index (χ2n) is 11.3. The predicted molar refractivity (Wildman–Crippen MR) is 155 cm³/mol. The third kappa shape index (κ3) is 5.05. The van der Waals surface area contributed by atoms with Gasteiger partial charge in [0.25, 0.3) is 0 Å². The normalized spacial score (nSPS) is 17.4. The van der Waals surface area contributed by atoms with E-state index >= 15 is 0 Å². The summed E-state index contributed by atoms with van der Waals surface area (Å²) in [6.45, 7) is 13.2. The highest BCUT2D eigenvalue weighted by Crippen LogP contribution is 2.47. The van der Waals surface area contributed by atoms with Crippen LogP contribution in [0.5, 0.6) is 0 Å². The van der Waals surface area contributed by atoms with Crippen molar-refractivity contribution in [2.75, 3.05) is 14.2 Å². The lowest BCUT2D eigenvalue weighted by Crippen LogP contribution is -2.33. The van der Waals surface area contributed by atoms with E-state index in [1.165, 1.54) is 25.3 Å². The number of hydrogen-bond donors (Lipinski definition) is 0. The average molecular weight is 532 g/mol. The van der Waals surface area contributed by atoms with E-state index in [1.54, 1.807) is 0 Å². The van der Waals surface area contributed by atoms with Crippen LogP contribution in [0.3, 0.4) is 0 Å². The molecule has 0 spiro atoms. The van der Waals surface area contributed by atoms with Gasteiger partial charge in [0.05, 0.1) is 21.2 Å². The van der Waals surface area contributed by atoms with Crippen molar-refractivity contribution in [2.45, 2.75) is 58.2 Å². The maximum absolute atomic E-state index is 6.80. The second kappa shape index (κ2) is 9.87. The van der Waals surface area contributed by atoms with Crippen molar-refractivity contribution in [2.24, 2.45) is 0 Å². The Balaban J connectivity index is 2.06. The van der Waals surface area contributed by atoms with Crippen molar-refractivity contribution < 1.29 is 9.47 Å². The van der Waals surface area contributed by atoms with Gasteiger partial charge in [-0.25, -0.2) is 0 Å². The van der Waals surface area contributed by atoms with E-state index in [1.807, 2.05) is 0 Å². The molecular formula is C33H32Cl2O2. The van der Waals surface area contributed by atoms with Crippen LogP contribution in [-0.4, -0.2) is 20.0 Å². The first-order valence-electron chi connectivity index (χ1n) is 12.2. The Morgan fingerprint density at radius 1 is 0.622 bits per heavy atom. The summed E-state index contributed by atoms with van der Waals surface area (Å²) in [5.41, 5.74) is 7.28. The van der Waals surface area contributed by atoms with Crippen LogP contribution in [0, 0.1) is 23.7 Å². The van der Waals surface area contributed by atoms with Gasteiger partial charge < -0.3 is 9.47 Å². The number of rotatable bonds is 2. The Morgan fingerprint density at radius 3 is 1.32 bits per heavy atom. The highest BCUT2D eigenvalue weighted by Gasteiger charge is 2.47. The minimum absolute atomic E-state index is 0.0000260. The number of methoxy groups -OCH3 is 2. The molecule has 0 bridgehead atoms. The molecule has 0 atom stereocenters. The van der Waals surface area contributed by atoms with E-state index in [-0.39, 0.29) is 20.9 Å². The highest BCUT2D eigenvalue weighted by atomic mass is 35.5. The summed E-state index contributed by atoms with van der Waals surface area (Å²) < 4.78 is 11.3. The van der Waals surface area contributed by atoms with Crippen molar-refractivity contribution >= 4 is 35.4 Å². The zero-order valence-electron chi connectivity index (χ0n) is 22.7. The Bertz CT molecular complexity index is 1370. The lowest BCUT2D eigenvalue weighted by molar-refractivity contribution is -0.138. The average Bonchev–Trinajstić information content (AvgIpc) is 3.03. The van der Waals surface area contributed by atoms with Crippen molar-refractivity contribution in [3.63, 3.8) is 0 Å². The Kier molecular flexibility index (Phi) is 7.29. The van der Waals surface area contributed by atoms with Gasteiger partial charge in [0, 0.05) is 25.3 Å². The van der Waals surface area contributed by atoms with Gasteiger partial charge in [0.2, 0.25) is 5.79 Å². The number of benzene rings is 2. The van der Waals surface area contributed by atoms with Crippen LogP contribution >= 0.6 is 23.2 Å². The van der Waals surface area contributed by atoms with Gasteiger partial charge in [0.1, 0.15) is 0 Å².